The van der Waals surface area contributed by atoms with E-state index in [9.17, 15) is 10.2 Å². The zero-order chi connectivity index (χ0) is 28.1. The van der Waals surface area contributed by atoms with Crippen LogP contribution < -0.4 is 5.32 Å². The number of piperazine rings is 1. The molecule has 0 aliphatic carbocycles. The highest BCUT2D eigenvalue weighted by atomic mass is 33.1. The lowest BCUT2D eigenvalue weighted by atomic mass is 10.1. The van der Waals surface area contributed by atoms with Crippen LogP contribution in [0.5, 0.6) is 0 Å². The van der Waals surface area contributed by atoms with E-state index in [0.717, 1.165) is 51.7 Å². The van der Waals surface area contributed by atoms with Gasteiger partial charge < -0.3 is 15.5 Å². The molecule has 0 amide bonds. The van der Waals surface area contributed by atoms with E-state index in [2.05, 4.69) is 29.0 Å². The van der Waals surface area contributed by atoms with E-state index in [1.807, 2.05) is 35.4 Å². The van der Waals surface area contributed by atoms with Gasteiger partial charge in [-0.15, -0.1) is 0 Å². The predicted molar refractivity (Wildman–Crippen MR) is 175 cm³/mol. The molecule has 1 fully saturated rings. The molecule has 38 heavy (non-hydrogen) atoms. The zero-order valence-corrected chi connectivity index (χ0v) is 27.6. The van der Waals surface area contributed by atoms with Crippen molar-refractivity contribution in [3.05, 3.63) is 0 Å². The van der Waals surface area contributed by atoms with Gasteiger partial charge in [0.1, 0.15) is 0 Å². The Balaban J connectivity index is 0.00000667. The van der Waals surface area contributed by atoms with Gasteiger partial charge in [0.15, 0.2) is 0 Å². The van der Waals surface area contributed by atoms with Gasteiger partial charge in [0.25, 0.3) is 0 Å². The number of nitrogens with zero attached hydrogens (tertiary/aromatic N) is 2. The van der Waals surface area contributed by atoms with Crippen molar-refractivity contribution in [2.75, 3.05) is 63.9 Å². The third-order valence-corrected chi connectivity index (χ3v) is 9.68. The van der Waals surface area contributed by atoms with Crippen molar-refractivity contribution in [3.8, 4) is 0 Å². The first-order valence-corrected chi connectivity index (χ1v) is 18.9. The molecule has 1 aliphatic heterocycles. The number of nitrogens with one attached hydrogen (secondary N) is 1. The maximum absolute atomic E-state index is 10.7. The molecule has 0 aromatic carbocycles. The first kappa shape index (κ1) is 38.5. The normalized spacial score (nSPS) is 15.9. The summed E-state index contributed by atoms with van der Waals surface area (Å²) in [6.07, 6.45) is 17.4. The average Bonchev–Trinajstić information content (AvgIpc) is 2.93. The van der Waals surface area contributed by atoms with E-state index in [0.29, 0.717) is 13.1 Å². The number of hydrogen-bond acceptors (Lipinski definition) is 7. The Morgan fingerprint density at radius 1 is 0.684 bits per heavy atom. The van der Waals surface area contributed by atoms with Crippen molar-refractivity contribution < 1.29 is 10.2 Å². The van der Waals surface area contributed by atoms with Crippen LogP contribution >= 0.6 is 21.6 Å². The Bertz CT molecular complexity index is 457. The Labute approximate surface area is 246 Å². The van der Waals surface area contributed by atoms with Gasteiger partial charge in [-0.25, -0.2) is 0 Å². The highest BCUT2D eigenvalue weighted by Gasteiger charge is 2.16. The molecule has 230 valence electrons. The molecule has 1 heterocycles. The van der Waals surface area contributed by atoms with E-state index >= 15 is 0 Å². The van der Waals surface area contributed by atoms with Gasteiger partial charge in [-0.1, -0.05) is 120 Å². The predicted octanol–water partition coefficient (Wildman–Crippen LogP) is 7.21. The van der Waals surface area contributed by atoms with E-state index in [1.165, 1.54) is 95.3 Å². The quantitative estimate of drug-likeness (QED) is 0.0741. The van der Waals surface area contributed by atoms with Crippen molar-refractivity contribution in [1.82, 2.24) is 15.1 Å². The fourth-order valence-corrected chi connectivity index (χ4v) is 7.07. The largest absolute Gasteiger partial charge is 0.392 e. The van der Waals surface area contributed by atoms with Crippen molar-refractivity contribution in [1.29, 1.82) is 0 Å². The second kappa shape index (κ2) is 30.5. The van der Waals surface area contributed by atoms with Crippen LogP contribution in [0.15, 0.2) is 0 Å². The molecular formula is C31H67N3O2S2. The lowest BCUT2D eigenvalue weighted by Crippen LogP contribution is -2.44. The molecule has 0 aromatic heterocycles. The number of aliphatic hydroxyl groups is 2. The number of unbranched alkanes of at least 4 members (excludes halogenated alkanes) is 10. The number of aliphatic hydroxyl groups excluding tert-OH is 2. The molecule has 2 unspecified atom stereocenters. The molecule has 3 N–H and O–H groups in total. The van der Waals surface area contributed by atoms with E-state index < -0.39 is 0 Å². The minimum atomic E-state index is -0.261. The molecule has 7 heteroatoms. The van der Waals surface area contributed by atoms with Crippen LogP contribution in [0.4, 0.5) is 0 Å². The van der Waals surface area contributed by atoms with Crippen LogP contribution in [-0.4, -0.2) is 96.1 Å². The molecule has 1 rings (SSSR count). The minimum Gasteiger partial charge on any atom is -0.392 e. The Morgan fingerprint density at radius 3 is 1.74 bits per heavy atom. The lowest BCUT2D eigenvalue weighted by Gasteiger charge is -2.27. The van der Waals surface area contributed by atoms with Gasteiger partial charge in [0.05, 0.1) is 12.2 Å². The van der Waals surface area contributed by atoms with Crippen molar-refractivity contribution in [2.45, 2.75) is 136 Å². The van der Waals surface area contributed by atoms with Gasteiger partial charge in [0, 0.05) is 57.3 Å². The summed E-state index contributed by atoms with van der Waals surface area (Å²) in [6.45, 7) is 16.8. The highest BCUT2D eigenvalue weighted by molar-refractivity contribution is 8.76. The molecule has 0 radical (unpaired) electrons. The lowest BCUT2D eigenvalue weighted by molar-refractivity contribution is 0.0599. The smallest absolute Gasteiger partial charge is 0.0667 e. The van der Waals surface area contributed by atoms with Gasteiger partial charge in [0.2, 0.25) is 0 Å². The molecule has 0 saturated carbocycles. The summed E-state index contributed by atoms with van der Waals surface area (Å²) in [7, 11) is 4.03. The third kappa shape index (κ3) is 25.5. The standard InChI is InChI=1S/C29H61N3O2S2.C2H6/c1-3-5-7-9-11-13-17-29(34)27-32(26-28(33)16-12-10-8-6-4-2)20-14-15-24-35-36-25-23-31-21-18-30-19-22-31;1-2/h28-30,33-34H,3-27H2,1-2H3;1-2H3. The first-order valence-electron chi connectivity index (χ1n) is 16.4. The van der Waals surface area contributed by atoms with Crippen molar-refractivity contribution in [3.63, 3.8) is 0 Å². The molecule has 1 aliphatic rings. The minimum absolute atomic E-state index is 0.261. The van der Waals surface area contributed by atoms with Gasteiger partial charge in [-0.2, -0.15) is 0 Å². The SMILES string of the molecule is CC.CCCCCCCCC(O)CN(CCCCSSCCN1CCNCC1)CC(O)CCCCCCC. The Kier molecular flexibility index (Phi) is 30.9. The van der Waals surface area contributed by atoms with Crippen molar-refractivity contribution in [2.24, 2.45) is 0 Å². The van der Waals surface area contributed by atoms with Crippen LogP contribution in [0.2, 0.25) is 0 Å². The number of hydrogen-bond donors (Lipinski definition) is 3. The fourth-order valence-electron chi connectivity index (χ4n) is 4.89. The summed E-state index contributed by atoms with van der Waals surface area (Å²) in [5.74, 6) is 2.41. The fraction of sp³-hybridized carbons (Fsp3) is 1.00. The van der Waals surface area contributed by atoms with Crippen LogP contribution in [0, 0.1) is 0 Å². The van der Waals surface area contributed by atoms with E-state index in [-0.39, 0.29) is 12.2 Å². The summed E-state index contributed by atoms with van der Waals surface area (Å²) >= 11 is 0. The summed E-state index contributed by atoms with van der Waals surface area (Å²) in [5, 5.41) is 24.8. The van der Waals surface area contributed by atoms with Crippen molar-refractivity contribution >= 4 is 21.6 Å². The highest BCUT2D eigenvalue weighted by Crippen LogP contribution is 2.22. The first-order chi connectivity index (χ1) is 18.7. The Morgan fingerprint density at radius 2 is 1.18 bits per heavy atom. The molecule has 1 saturated heterocycles. The van der Waals surface area contributed by atoms with E-state index in [4.69, 9.17) is 0 Å². The monoisotopic (exact) mass is 577 g/mol. The van der Waals surface area contributed by atoms with Gasteiger partial charge in [-0.05, 0) is 32.2 Å². The van der Waals surface area contributed by atoms with Gasteiger partial charge >= 0.3 is 0 Å². The van der Waals surface area contributed by atoms with Crippen LogP contribution in [0.3, 0.4) is 0 Å². The topological polar surface area (TPSA) is 59.0 Å². The number of rotatable bonds is 26. The van der Waals surface area contributed by atoms with Crippen LogP contribution in [-0.2, 0) is 0 Å². The average molecular weight is 578 g/mol. The van der Waals surface area contributed by atoms with E-state index in [1.54, 1.807) is 0 Å². The summed E-state index contributed by atoms with van der Waals surface area (Å²) < 4.78 is 0. The zero-order valence-electron chi connectivity index (χ0n) is 25.9. The molecule has 0 spiro atoms. The third-order valence-electron chi connectivity index (χ3n) is 7.21. The maximum atomic E-state index is 10.7. The summed E-state index contributed by atoms with van der Waals surface area (Å²) in [4.78, 5) is 4.91. The Hall–Kier alpha value is 0.500. The molecule has 0 aromatic rings. The molecular weight excluding hydrogens is 510 g/mol. The van der Waals surface area contributed by atoms with Gasteiger partial charge in [-0.3, -0.25) is 9.80 Å². The molecule has 5 nitrogen and oxygen atoms in total. The second-order valence-corrected chi connectivity index (χ2v) is 13.5. The molecule has 0 bridgehead atoms. The maximum Gasteiger partial charge on any atom is 0.0667 e. The summed E-state index contributed by atoms with van der Waals surface area (Å²) in [6, 6.07) is 0. The van der Waals surface area contributed by atoms with Crippen LogP contribution in [0.25, 0.3) is 0 Å². The second-order valence-electron chi connectivity index (χ2n) is 10.8. The molecule has 2 atom stereocenters. The van der Waals surface area contributed by atoms with Crippen LogP contribution in [0.1, 0.15) is 124 Å². The summed E-state index contributed by atoms with van der Waals surface area (Å²) in [5.41, 5.74) is 0.